The van der Waals surface area contributed by atoms with Gasteiger partial charge in [0.2, 0.25) is 0 Å². The van der Waals surface area contributed by atoms with Crippen LogP contribution >= 0.6 is 0 Å². The lowest BCUT2D eigenvalue weighted by atomic mass is 10.0. The van der Waals surface area contributed by atoms with Crippen molar-refractivity contribution in [1.29, 1.82) is 0 Å². The first-order chi connectivity index (χ1) is 7.90. The van der Waals surface area contributed by atoms with Gasteiger partial charge in [0.15, 0.2) is 0 Å². The molecule has 0 bridgehead atoms. The summed E-state index contributed by atoms with van der Waals surface area (Å²) in [5, 5.41) is 0. The monoisotopic (exact) mass is 222 g/mol. The first-order valence-electron chi connectivity index (χ1n) is 6.64. The summed E-state index contributed by atoms with van der Waals surface area (Å²) in [5.74, 6) is 1.09. The summed E-state index contributed by atoms with van der Waals surface area (Å²) in [4.78, 5) is 0. The largest absolute Gasteiger partial charge is 0.490 e. The number of para-hydroxylation sites is 1. The molecular weight excluding hydrogens is 196 g/mol. The zero-order valence-electron chi connectivity index (χ0n) is 11.4. The Morgan fingerprint density at radius 3 is 2.38 bits per heavy atom. The Balaban J connectivity index is 0.000000509. The molecule has 2 rings (SSSR count). The number of hydrogen-bond donors (Lipinski definition) is 0. The van der Waals surface area contributed by atoms with Crippen molar-refractivity contribution in [3.05, 3.63) is 29.8 Å². The Kier molecular flexibility index (Phi) is 8.69. The average Bonchev–Trinajstić information content (AvgIpc) is 2.42. The van der Waals surface area contributed by atoms with Gasteiger partial charge in [-0.3, -0.25) is 0 Å². The summed E-state index contributed by atoms with van der Waals surface area (Å²) in [6, 6.07) is 8.34. The molecule has 1 aliphatic rings. The molecule has 0 saturated heterocycles. The predicted molar refractivity (Wildman–Crippen MR) is 72.2 cm³/mol. The van der Waals surface area contributed by atoms with Crippen LogP contribution in [-0.2, 0) is 6.42 Å². The third-order valence-electron chi connectivity index (χ3n) is 2.46. The molecule has 1 aromatic rings. The summed E-state index contributed by atoms with van der Waals surface area (Å²) in [6.45, 7) is 10.2. The summed E-state index contributed by atoms with van der Waals surface area (Å²) in [7, 11) is 0. The molecule has 1 aromatic carbocycles. The van der Waals surface area contributed by atoms with Crippen molar-refractivity contribution in [1.82, 2.24) is 0 Å². The Hall–Kier alpha value is -0.980. The van der Waals surface area contributed by atoms with Gasteiger partial charge in [0.05, 0.1) is 6.10 Å². The second kappa shape index (κ2) is 9.26. The molecule has 0 aliphatic carbocycles. The highest BCUT2D eigenvalue weighted by Crippen LogP contribution is 2.27. The van der Waals surface area contributed by atoms with Crippen LogP contribution < -0.4 is 4.74 Å². The fraction of sp³-hybridized carbons (Fsp3) is 0.600. The molecule has 0 radical (unpaired) electrons. The lowest BCUT2D eigenvalue weighted by Crippen LogP contribution is -2.21. The topological polar surface area (TPSA) is 9.23 Å². The Morgan fingerprint density at radius 1 is 1.12 bits per heavy atom. The Morgan fingerprint density at radius 2 is 1.75 bits per heavy atom. The second-order valence-electron chi connectivity index (χ2n) is 3.29. The number of rotatable bonds is 1. The predicted octanol–water partition coefficient (Wildman–Crippen LogP) is 4.84. The van der Waals surface area contributed by atoms with Gasteiger partial charge in [0.25, 0.3) is 0 Å². The first kappa shape index (κ1) is 15.0. The van der Waals surface area contributed by atoms with E-state index in [-0.39, 0.29) is 0 Å². The molecule has 0 spiro atoms. The molecule has 92 valence electrons. The Bertz CT molecular complexity index is 268. The van der Waals surface area contributed by atoms with E-state index in [9.17, 15) is 0 Å². The van der Waals surface area contributed by atoms with Gasteiger partial charge in [-0.15, -0.1) is 0 Å². The minimum absolute atomic E-state index is 0.444. The molecular formula is C15H26O. The van der Waals surface area contributed by atoms with E-state index in [4.69, 9.17) is 4.74 Å². The van der Waals surface area contributed by atoms with E-state index in [0.29, 0.717) is 6.10 Å². The number of hydrogen-bond acceptors (Lipinski definition) is 1. The zero-order valence-corrected chi connectivity index (χ0v) is 11.4. The smallest absolute Gasteiger partial charge is 0.122 e. The van der Waals surface area contributed by atoms with E-state index in [2.05, 4.69) is 25.1 Å². The van der Waals surface area contributed by atoms with Crippen molar-refractivity contribution in [2.75, 3.05) is 0 Å². The van der Waals surface area contributed by atoms with Crippen LogP contribution in [0.3, 0.4) is 0 Å². The van der Waals surface area contributed by atoms with E-state index in [1.807, 2.05) is 33.8 Å². The van der Waals surface area contributed by atoms with Crippen molar-refractivity contribution in [2.45, 2.75) is 60.0 Å². The maximum Gasteiger partial charge on any atom is 0.122 e. The van der Waals surface area contributed by atoms with E-state index in [0.717, 1.165) is 12.2 Å². The summed E-state index contributed by atoms with van der Waals surface area (Å²) >= 11 is 0. The van der Waals surface area contributed by atoms with Crippen LogP contribution in [0.25, 0.3) is 0 Å². The van der Waals surface area contributed by atoms with Crippen molar-refractivity contribution in [2.24, 2.45) is 0 Å². The van der Waals surface area contributed by atoms with Crippen molar-refractivity contribution in [3.8, 4) is 5.75 Å². The molecule has 0 fully saturated rings. The molecule has 1 heterocycles. The molecule has 0 N–H and O–H groups in total. The lowest BCUT2D eigenvalue weighted by molar-refractivity contribution is 0.169. The summed E-state index contributed by atoms with van der Waals surface area (Å²) < 4.78 is 5.78. The number of ether oxygens (including phenoxy) is 1. The van der Waals surface area contributed by atoms with Gasteiger partial charge in [-0.1, -0.05) is 52.8 Å². The molecule has 1 heteroatoms. The van der Waals surface area contributed by atoms with E-state index < -0.39 is 0 Å². The number of fused-ring (bicyclic) bond motifs is 1. The number of benzene rings is 1. The van der Waals surface area contributed by atoms with Crippen LogP contribution in [0.15, 0.2) is 24.3 Å². The minimum Gasteiger partial charge on any atom is -0.490 e. The third-order valence-corrected chi connectivity index (χ3v) is 2.46. The van der Waals surface area contributed by atoms with Gasteiger partial charge in [-0.05, 0) is 30.9 Å². The maximum absolute atomic E-state index is 5.78. The molecule has 0 saturated carbocycles. The third kappa shape index (κ3) is 4.26. The fourth-order valence-corrected chi connectivity index (χ4v) is 1.67. The van der Waals surface area contributed by atoms with Crippen LogP contribution in [0, 0.1) is 0 Å². The Labute approximate surface area is 101 Å². The van der Waals surface area contributed by atoms with Crippen LogP contribution in [0.1, 0.15) is 53.0 Å². The highest BCUT2D eigenvalue weighted by molar-refractivity contribution is 5.34. The van der Waals surface area contributed by atoms with Crippen molar-refractivity contribution in [3.63, 3.8) is 0 Å². The van der Waals surface area contributed by atoms with Crippen LogP contribution in [0.4, 0.5) is 0 Å². The minimum atomic E-state index is 0.444. The van der Waals surface area contributed by atoms with Crippen molar-refractivity contribution < 1.29 is 4.74 Å². The highest BCUT2D eigenvalue weighted by atomic mass is 16.5. The van der Waals surface area contributed by atoms with Gasteiger partial charge in [0, 0.05) is 0 Å². The number of aryl methyl sites for hydroxylation is 1. The van der Waals surface area contributed by atoms with E-state index in [1.54, 1.807) is 0 Å². The van der Waals surface area contributed by atoms with Gasteiger partial charge >= 0.3 is 0 Å². The molecule has 1 aliphatic heterocycles. The molecule has 0 aromatic heterocycles. The average molecular weight is 222 g/mol. The molecule has 0 amide bonds. The van der Waals surface area contributed by atoms with Gasteiger partial charge in [-0.2, -0.15) is 0 Å². The summed E-state index contributed by atoms with van der Waals surface area (Å²) in [6.07, 6.45) is 3.91. The normalized spacial score (nSPS) is 16.7. The van der Waals surface area contributed by atoms with Crippen LogP contribution in [0.5, 0.6) is 5.75 Å². The maximum atomic E-state index is 5.78. The molecule has 1 atom stereocenters. The van der Waals surface area contributed by atoms with Gasteiger partial charge < -0.3 is 4.74 Å². The van der Waals surface area contributed by atoms with Gasteiger partial charge in [0.1, 0.15) is 5.75 Å². The lowest BCUT2D eigenvalue weighted by Gasteiger charge is -2.24. The molecule has 1 unspecified atom stereocenters. The van der Waals surface area contributed by atoms with Crippen LogP contribution in [-0.4, -0.2) is 6.10 Å². The SMILES string of the molecule is CC.CC.CCC1CCc2ccccc2O1. The van der Waals surface area contributed by atoms with Crippen molar-refractivity contribution >= 4 is 0 Å². The quantitative estimate of drug-likeness (QED) is 0.660. The standard InChI is InChI=1S/C11H14O.2C2H6/c1-2-10-8-7-9-5-3-4-6-11(9)12-10;2*1-2/h3-6,10H,2,7-8H2,1H3;2*1-2H3. The first-order valence-corrected chi connectivity index (χ1v) is 6.64. The van der Waals surface area contributed by atoms with E-state index in [1.165, 1.54) is 18.4 Å². The highest BCUT2D eigenvalue weighted by Gasteiger charge is 2.16. The fourth-order valence-electron chi connectivity index (χ4n) is 1.67. The van der Waals surface area contributed by atoms with Gasteiger partial charge in [-0.25, -0.2) is 0 Å². The zero-order chi connectivity index (χ0) is 12.4. The van der Waals surface area contributed by atoms with Crippen LogP contribution in [0.2, 0.25) is 0 Å². The second-order valence-corrected chi connectivity index (χ2v) is 3.29. The van der Waals surface area contributed by atoms with E-state index >= 15 is 0 Å². The molecule has 1 nitrogen and oxygen atoms in total. The summed E-state index contributed by atoms with van der Waals surface area (Å²) in [5.41, 5.74) is 1.36. The molecule has 16 heavy (non-hydrogen) atoms.